The van der Waals surface area contributed by atoms with Crippen molar-refractivity contribution in [3.05, 3.63) is 28.7 Å². The Morgan fingerprint density at radius 1 is 1.50 bits per heavy atom. The molecule has 1 aliphatic heterocycles. The van der Waals surface area contributed by atoms with Crippen molar-refractivity contribution in [2.45, 2.75) is 30.7 Å². The maximum atomic E-state index is 11.6. The monoisotopic (exact) mass is 326 g/mol. The Kier molecular flexibility index (Phi) is 4.83. The van der Waals surface area contributed by atoms with Crippen molar-refractivity contribution in [1.82, 2.24) is 5.32 Å². The number of halogens is 1. The van der Waals surface area contributed by atoms with Crippen molar-refractivity contribution in [2.24, 2.45) is 4.99 Å². The van der Waals surface area contributed by atoms with Gasteiger partial charge in [-0.1, -0.05) is 35.3 Å². The highest BCUT2D eigenvalue weighted by molar-refractivity contribution is 9.10. The molecule has 1 amide bonds. The van der Waals surface area contributed by atoms with Crippen LogP contribution in [0.1, 0.15) is 19.8 Å². The molecule has 1 heterocycles. The zero-order chi connectivity index (χ0) is 13.0. The van der Waals surface area contributed by atoms with Gasteiger partial charge in [0.25, 0.3) is 0 Å². The van der Waals surface area contributed by atoms with Gasteiger partial charge in [0.1, 0.15) is 11.9 Å². The van der Waals surface area contributed by atoms with Crippen LogP contribution in [0, 0.1) is 0 Å². The molecular weight excluding hydrogens is 312 g/mol. The first kappa shape index (κ1) is 13.6. The van der Waals surface area contributed by atoms with Crippen molar-refractivity contribution in [1.29, 1.82) is 0 Å². The third-order valence-corrected chi connectivity index (χ3v) is 4.11. The molecule has 0 radical (unpaired) electrons. The molecule has 0 aromatic heterocycles. The van der Waals surface area contributed by atoms with Crippen LogP contribution in [0.4, 0.5) is 0 Å². The number of hydrogen-bond acceptors (Lipinski definition) is 3. The van der Waals surface area contributed by atoms with Gasteiger partial charge in [-0.25, -0.2) is 0 Å². The highest BCUT2D eigenvalue weighted by Gasteiger charge is 2.24. The number of thioether (sulfide) groups is 1. The second-order valence-corrected chi connectivity index (χ2v) is 6.08. The molecule has 0 spiro atoms. The number of nitrogens with zero attached hydrogens (tertiary/aromatic N) is 1. The number of amides is 1. The van der Waals surface area contributed by atoms with E-state index in [9.17, 15) is 4.79 Å². The van der Waals surface area contributed by atoms with Crippen LogP contribution >= 0.6 is 27.7 Å². The molecule has 18 heavy (non-hydrogen) atoms. The Bertz CT molecular complexity index is 476. The van der Waals surface area contributed by atoms with E-state index in [1.54, 1.807) is 11.8 Å². The molecule has 2 rings (SSSR count). The van der Waals surface area contributed by atoms with Gasteiger partial charge in [0.15, 0.2) is 0 Å². The number of carbonyl (C=O) groups excluding carboxylic acids is 1. The zero-order valence-corrected chi connectivity index (χ0v) is 12.6. The first-order chi connectivity index (χ1) is 8.69. The molecule has 3 nitrogen and oxygen atoms in total. The summed E-state index contributed by atoms with van der Waals surface area (Å²) in [4.78, 5) is 17.2. The van der Waals surface area contributed by atoms with Crippen molar-refractivity contribution in [3.8, 4) is 0 Å². The molecular formula is C13H15BrN2OS. The summed E-state index contributed by atoms with van der Waals surface area (Å²) in [5.74, 6) is 1.55. The lowest BCUT2D eigenvalue weighted by molar-refractivity contribution is -0.120. The molecule has 96 valence electrons. The van der Waals surface area contributed by atoms with Crippen LogP contribution in [-0.4, -0.2) is 23.5 Å². The van der Waals surface area contributed by atoms with Gasteiger partial charge in [-0.15, -0.1) is 11.8 Å². The van der Waals surface area contributed by atoms with Gasteiger partial charge < -0.3 is 5.32 Å². The largest absolute Gasteiger partial charge is 0.312 e. The number of nitrogens with one attached hydrogen (secondary N) is 1. The van der Waals surface area contributed by atoms with Gasteiger partial charge in [-0.2, -0.15) is 0 Å². The van der Waals surface area contributed by atoms with Crippen molar-refractivity contribution in [2.75, 3.05) is 5.75 Å². The Morgan fingerprint density at radius 3 is 3.06 bits per heavy atom. The number of aliphatic imine (C=N–C) groups is 1. The normalized spacial score (nSPS) is 18.7. The quantitative estimate of drug-likeness (QED) is 0.844. The number of rotatable bonds is 5. The van der Waals surface area contributed by atoms with E-state index in [1.807, 2.05) is 12.1 Å². The third-order valence-electron chi connectivity index (χ3n) is 2.62. The molecule has 1 aromatic carbocycles. The first-order valence-electron chi connectivity index (χ1n) is 5.95. The molecule has 0 saturated heterocycles. The van der Waals surface area contributed by atoms with Crippen LogP contribution in [0.25, 0.3) is 0 Å². The van der Waals surface area contributed by atoms with Crippen LogP contribution in [0.15, 0.2) is 38.6 Å². The predicted octanol–water partition coefficient (Wildman–Crippen LogP) is 3.24. The summed E-state index contributed by atoms with van der Waals surface area (Å²) in [5, 5.41) is 2.85. The lowest BCUT2D eigenvalue weighted by Crippen LogP contribution is -2.29. The summed E-state index contributed by atoms with van der Waals surface area (Å²) in [6, 6.07) is 7.94. The minimum absolute atomic E-state index is 0.0432. The Labute approximate surface area is 120 Å². The van der Waals surface area contributed by atoms with E-state index in [0.29, 0.717) is 5.75 Å². The average Bonchev–Trinajstić information content (AvgIpc) is 2.69. The molecule has 0 bridgehead atoms. The molecule has 0 saturated carbocycles. The van der Waals surface area contributed by atoms with E-state index >= 15 is 0 Å². The van der Waals surface area contributed by atoms with E-state index in [-0.39, 0.29) is 11.9 Å². The van der Waals surface area contributed by atoms with Crippen LogP contribution in [0.5, 0.6) is 0 Å². The predicted molar refractivity (Wildman–Crippen MR) is 79.1 cm³/mol. The number of benzene rings is 1. The summed E-state index contributed by atoms with van der Waals surface area (Å²) >= 11 is 5.12. The SMILES string of the molecule is CCCC1N=C(CSc2cccc(Br)c2)NC1=O. The zero-order valence-electron chi connectivity index (χ0n) is 10.1. The molecule has 5 heteroatoms. The second-order valence-electron chi connectivity index (χ2n) is 4.12. The van der Waals surface area contributed by atoms with Crippen LogP contribution in [-0.2, 0) is 4.79 Å². The molecule has 1 N–H and O–H groups in total. The fourth-order valence-corrected chi connectivity index (χ4v) is 3.14. The van der Waals surface area contributed by atoms with Gasteiger partial charge in [-0.05, 0) is 24.6 Å². The van der Waals surface area contributed by atoms with E-state index in [2.05, 4.69) is 45.3 Å². The lowest BCUT2D eigenvalue weighted by Gasteiger charge is -2.02. The van der Waals surface area contributed by atoms with Crippen LogP contribution in [0.2, 0.25) is 0 Å². The Hall–Kier alpha value is -0.810. The highest BCUT2D eigenvalue weighted by atomic mass is 79.9. The Balaban J connectivity index is 1.91. The van der Waals surface area contributed by atoms with Gasteiger partial charge in [0.05, 0.1) is 5.75 Å². The number of carbonyl (C=O) groups is 1. The molecule has 1 aliphatic rings. The fraction of sp³-hybridized carbons (Fsp3) is 0.385. The smallest absolute Gasteiger partial charge is 0.250 e. The van der Waals surface area contributed by atoms with Crippen LogP contribution < -0.4 is 5.32 Å². The summed E-state index contributed by atoms with van der Waals surface area (Å²) in [6.07, 6.45) is 1.81. The van der Waals surface area contributed by atoms with Crippen molar-refractivity contribution >= 4 is 39.4 Å². The van der Waals surface area contributed by atoms with E-state index < -0.39 is 0 Å². The molecule has 0 fully saturated rings. The molecule has 1 atom stereocenters. The minimum Gasteiger partial charge on any atom is -0.312 e. The van der Waals surface area contributed by atoms with Crippen molar-refractivity contribution < 1.29 is 4.79 Å². The molecule has 1 unspecified atom stereocenters. The third kappa shape index (κ3) is 3.59. The number of hydrogen-bond donors (Lipinski definition) is 1. The van der Waals surface area contributed by atoms with Gasteiger partial charge in [-0.3, -0.25) is 9.79 Å². The highest BCUT2D eigenvalue weighted by Crippen LogP contribution is 2.22. The Morgan fingerprint density at radius 2 is 2.33 bits per heavy atom. The van der Waals surface area contributed by atoms with E-state index in [1.165, 1.54) is 4.90 Å². The van der Waals surface area contributed by atoms with Gasteiger partial charge >= 0.3 is 0 Å². The lowest BCUT2D eigenvalue weighted by atomic mass is 10.2. The van der Waals surface area contributed by atoms with Crippen molar-refractivity contribution in [3.63, 3.8) is 0 Å². The first-order valence-corrected chi connectivity index (χ1v) is 7.73. The standard InChI is InChI=1S/C13H15BrN2OS/c1-2-4-11-13(17)16-12(15-11)8-18-10-6-3-5-9(14)7-10/h3,5-7,11H,2,4,8H2,1H3,(H,15,16,17). The maximum absolute atomic E-state index is 11.6. The number of amidine groups is 1. The average molecular weight is 327 g/mol. The molecule has 1 aromatic rings. The summed E-state index contributed by atoms with van der Waals surface area (Å²) in [5.41, 5.74) is 0. The van der Waals surface area contributed by atoms with Gasteiger partial charge in [0.2, 0.25) is 5.91 Å². The van der Waals surface area contributed by atoms with E-state index in [0.717, 1.165) is 23.1 Å². The van der Waals surface area contributed by atoms with Gasteiger partial charge in [0, 0.05) is 9.37 Å². The second kappa shape index (κ2) is 6.38. The summed E-state index contributed by atoms with van der Waals surface area (Å²) in [7, 11) is 0. The maximum Gasteiger partial charge on any atom is 0.250 e. The van der Waals surface area contributed by atoms with Crippen LogP contribution in [0.3, 0.4) is 0 Å². The fourth-order valence-electron chi connectivity index (χ4n) is 1.76. The van der Waals surface area contributed by atoms with E-state index in [4.69, 9.17) is 0 Å². The topological polar surface area (TPSA) is 41.5 Å². The molecule has 0 aliphatic carbocycles. The summed E-state index contributed by atoms with van der Waals surface area (Å²) < 4.78 is 1.06. The summed E-state index contributed by atoms with van der Waals surface area (Å²) in [6.45, 7) is 2.07. The minimum atomic E-state index is -0.173.